The molecule has 2 rings (SSSR count). The van der Waals surface area contributed by atoms with E-state index in [-0.39, 0.29) is 17.5 Å². The Kier molecular flexibility index (Phi) is 5.54. The normalized spacial score (nSPS) is 18.5. The molecule has 0 saturated carbocycles. The highest BCUT2D eigenvalue weighted by molar-refractivity contribution is 6.00. The van der Waals surface area contributed by atoms with Crippen LogP contribution in [0.1, 0.15) is 51.0 Å². The number of ketones is 1. The van der Waals surface area contributed by atoms with Gasteiger partial charge in [-0.15, -0.1) is 0 Å². The van der Waals surface area contributed by atoms with Crippen LogP contribution in [0, 0.1) is 11.7 Å². The lowest BCUT2D eigenvalue weighted by molar-refractivity contribution is -0.118. The first kappa shape index (κ1) is 15.7. The number of hydrogen-bond acceptors (Lipinski definition) is 2. The van der Waals surface area contributed by atoms with Gasteiger partial charge < -0.3 is 4.74 Å². The molecule has 21 heavy (non-hydrogen) atoms. The molecule has 114 valence electrons. The summed E-state index contributed by atoms with van der Waals surface area (Å²) in [4.78, 5) is 12.2. The molecule has 0 fully saturated rings. The van der Waals surface area contributed by atoms with Crippen molar-refractivity contribution in [3.63, 3.8) is 0 Å². The Bertz CT molecular complexity index is 534. The summed E-state index contributed by atoms with van der Waals surface area (Å²) in [6.45, 7) is 2.16. The van der Waals surface area contributed by atoms with E-state index in [2.05, 4.69) is 6.92 Å². The highest BCUT2D eigenvalue weighted by Gasteiger charge is 2.23. The van der Waals surface area contributed by atoms with Gasteiger partial charge in [-0.05, 0) is 43.0 Å². The van der Waals surface area contributed by atoms with Crippen molar-refractivity contribution < 1.29 is 13.9 Å². The molecule has 1 aliphatic rings. The van der Waals surface area contributed by atoms with E-state index in [1.54, 1.807) is 18.2 Å². The SMILES string of the molecule is CCCCC[C@@H]1CCC(c2ccc(OC)cc2F)=CC1=O. The second-order valence-corrected chi connectivity index (χ2v) is 5.65. The first-order valence-electron chi connectivity index (χ1n) is 7.74. The first-order valence-corrected chi connectivity index (χ1v) is 7.74. The molecule has 2 nitrogen and oxygen atoms in total. The van der Waals surface area contributed by atoms with E-state index in [1.165, 1.54) is 26.0 Å². The molecular weight excluding hydrogens is 267 g/mol. The van der Waals surface area contributed by atoms with Crippen LogP contribution in [-0.4, -0.2) is 12.9 Å². The highest BCUT2D eigenvalue weighted by atomic mass is 19.1. The molecule has 0 unspecified atom stereocenters. The van der Waals surface area contributed by atoms with Crippen molar-refractivity contribution in [1.29, 1.82) is 0 Å². The predicted molar refractivity (Wildman–Crippen MR) is 82.8 cm³/mol. The average Bonchev–Trinajstić information content (AvgIpc) is 2.49. The van der Waals surface area contributed by atoms with Gasteiger partial charge in [0.2, 0.25) is 0 Å². The number of ether oxygens (including phenoxy) is 1. The van der Waals surface area contributed by atoms with Gasteiger partial charge in [-0.2, -0.15) is 0 Å². The average molecular weight is 290 g/mol. The van der Waals surface area contributed by atoms with Crippen LogP contribution in [0.25, 0.3) is 5.57 Å². The molecule has 1 aliphatic carbocycles. The Morgan fingerprint density at radius 2 is 2.14 bits per heavy atom. The molecule has 1 atom stereocenters. The van der Waals surface area contributed by atoms with Gasteiger partial charge in [-0.3, -0.25) is 4.79 Å². The summed E-state index contributed by atoms with van der Waals surface area (Å²) < 4.78 is 19.1. The highest BCUT2D eigenvalue weighted by Crippen LogP contribution is 2.33. The van der Waals surface area contributed by atoms with E-state index in [1.807, 2.05) is 0 Å². The minimum Gasteiger partial charge on any atom is -0.497 e. The Balaban J connectivity index is 2.09. The van der Waals surface area contributed by atoms with Crippen LogP contribution in [0.2, 0.25) is 0 Å². The second kappa shape index (κ2) is 7.39. The molecule has 0 N–H and O–H groups in total. The Labute approximate surface area is 126 Å². The number of carbonyl (C=O) groups is 1. The molecule has 0 aromatic heterocycles. The Morgan fingerprint density at radius 3 is 2.76 bits per heavy atom. The maximum absolute atomic E-state index is 14.1. The van der Waals surface area contributed by atoms with Crippen LogP contribution in [0.4, 0.5) is 4.39 Å². The summed E-state index contributed by atoms with van der Waals surface area (Å²) in [7, 11) is 1.51. The van der Waals surface area contributed by atoms with Gasteiger partial charge in [-0.1, -0.05) is 26.2 Å². The fraction of sp³-hybridized carbons (Fsp3) is 0.500. The zero-order valence-corrected chi connectivity index (χ0v) is 12.8. The quantitative estimate of drug-likeness (QED) is 0.705. The second-order valence-electron chi connectivity index (χ2n) is 5.65. The zero-order chi connectivity index (χ0) is 15.2. The maximum Gasteiger partial charge on any atom is 0.159 e. The Hall–Kier alpha value is -1.64. The van der Waals surface area contributed by atoms with E-state index in [0.29, 0.717) is 11.3 Å². The fourth-order valence-corrected chi connectivity index (χ4v) is 2.86. The van der Waals surface area contributed by atoms with Gasteiger partial charge in [0.15, 0.2) is 5.78 Å². The molecule has 1 aromatic rings. The summed E-state index contributed by atoms with van der Waals surface area (Å²) in [5.74, 6) is 0.457. The Morgan fingerprint density at radius 1 is 1.33 bits per heavy atom. The van der Waals surface area contributed by atoms with E-state index < -0.39 is 0 Å². The van der Waals surface area contributed by atoms with Crippen molar-refractivity contribution in [2.45, 2.75) is 45.4 Å². The van der Waals surface area contributed by atoms with Gasteiger partial charge in [-0.25, -0.2) is 4.39 Å². The molecule has 3 heteroatoms. The number of carbonyl (C=O) groups excluding carboxylic acids is 1. The van der Waals surface area contributed by atoms with Crippen LogP contribution < -0.4 is 4.74 Å². The molecule has 0 saturated heterocycles. The van der Waals surface area contributed by atoms with Crippen LogP contribution in [0.15, 0.2) is 24.3 Å². The largest absolute Gasteiger partial charge is 0.497 e. The monoisotopic (exact) mass is 290 g/mol. The summed E-state index contributed by atoms with van der Waals surface area (Å²) in [6, 6.07) is 4.80. The molecule has 1 aromatic carbocycles. The van der Waals surface area contributed by atoms with Gasteiger partial charge in [0.05, 0.1) is 7.11 Å². The molecule has 0 radical (unpaired) electrons. The van der Waals surface area contributed by atoms with E-state index >= 15 is 0 Å². The van der Waals surface area contributed by atoms with Crippen molar-refractivity contribution >= 4 is 11.4 Å². The molecule has 0 amide bonds. The number of benzene rings is 1. The van der Waals surface area contributed by atoms with Crippen molar-refractivity contribution in [2.75, 3.05) is 7.11 Å². The fourth-order valence-electron chi connectivity index (χ4n) is 2.86. The lowest BCUT2D eigenvalue weighted by atomic mass is 9.83. The third-order valence-corrected chi connectivity index (χ3v) is 4.16. The van der Waals surface area contributed by atoms with E-state index in [4.69, 9.17) is 4.74 Å². The number of halogens is 1. The smallest absolute Gasteiger partial charge is 0.159 e. The lowest BCUT2D eigenvalue weighted by Gasteiger charge is -2.21. The minimum absolute atomic E-state index is 0.126. The van der Waals surface area contributed by atoms with Gasteiger partial charge in [0.1, 0.15) is 11.6 Å². The van der Waals surface area contributed by atoms with Crippen molar-refractivity contribution in [3.05, 3.63) is 35.7 Å². The number of methoxy groups -OCH3 is 1. The number of allylic oxidation sites excluding steroid dienone is 2. The van der Waals surface area contributed by atoms with Crippen molar-refractivity contribution in [1.82, 2.24) is 0 Å². The van der Waals surface area contributed by atoms with E-state index in [9.17, 15) is 9.18 Å². The standard InChI is InChI=1S/C18H23FO2/c1-3-4-5-6-13-7-8-14(11-18(13)20)16-10-9-15(21-2)12-17(16)19/h9-13H,3-8H2,1-2H3/t13-/m1/s1. The molecule has 0 spiro atoms. The molecule has 0 bridgehead atoms. The maximum atomic E-state index is 14.1. The van der Waals surface area contributed by atoms with Crippen molar-refractivity contribution in [3.8, 4) is 5.75 Å². The van der Waals surface area contributed by atoms with Crippen LogP contribution in [0.3, 0.4) is 0 Å². The van der Waals surface area contributed by atoms with E-state index in [0.717, 1.165) is 31.3 Å². The molecule has 0 aliphatic heterocycles. The van der Waals surface area contributed by atoms with Crippen LogP contribution in [0.5, 0.6) is 5.75 Å². The number of hydrogen-bond donors (Lipinski definition) is 0. The third kappa shape index (κ3) is 3.93. The van der Waals surface area contributed by atoms with Crippen LogP contribution >= 0.6 is 0 Å². The van der Waals surface area contributed by atoms with Crippen molar-refractivity contribution in [2.24, 2.45) is 5.92 Å². The topological polar surface area (TPSA) is 26.3 Å². The van der Waals surface area contributed by atoms with Gasteiger partial charge >= 0.3 is 0 Å². The first-order chi connectivity index (χ1) is 10.2. The summed E-state index contributed by atoms with van der Waals surface area (Å²) in [5, 5.41) is 0. The summed E-state index contributed by atoms with van der Waals surface area (Å²) in [5.41, 5.74) is 1.34. The third-order valence-electron chi connectivity index (χ3n) is 4.16. The molecular formula is C18H23FO2. The summed E-state index contributed by atoms with van der Waals surface area (Å²) in [6.07, 6.45) is 7.65. The lowest BCUT2D eigenvalue weighted by Crippen LogP contribution is -2.17. The van der Waals surface area contributed by atoms with Crippen LogP contribution in [-0.2, 0) is 4.79 Å². The van der Waals surface area contributed by atoms with Gasteiger partial charge in [0.25, 0.3) is 0 Å². The molecule has 0 heterocycles. The zero-order valence-electron chi connectivity index (χ0n) is 12.8. The van der Waals surface area contributed by atoms with Gasteiger partial charge in [0, 0.05) is 17.5 Å². The number of rotatable bonds is 6. The summed E-state index contributed by atoms with van der Waals surface area (Å²) >= 11 is 0. The number of unbranched alkanes of at least 4 members (excludes halogenated alkanes) is 2. The predicted octanol–water partition coefficient (Wildman–Crippen LogP) is 4.78. The minimum atomic E-state index is -0.321.